The average molecular weight is 342 g/mol. The highest BCUT2D eigenvalue weighted by Gasteiger charge is 2.51. The van der Waals surface area contributed by atoms with Gasteiger partial charge in [-0.3, -0.25) is 4.79 Å². The zero-order valence-electron chi connectivity index (χ0n) is 14.1. The number of furan rings is 1. The largest absolute Gasteiger partial charge is 0.472 e. The number of ether oxygens (including phenoxy) is 1. The maximum Gasteiger partial charge on any atom is 0.257 e. The first-order valence-electron chi connectivity index (χ1n) is 9.05. The molecule has 1 amide bonds. The minimum atomic E-state index is 0.0390. The first-order valence-corrected chi connectivity index (χ1v) is 9.05. The van der Waals surface area contributed by atoms with Crippen molar-refractivity contribution in [1.82, 2.24) is 19.7 Å². The maximum absolute atomic E-state index is 12.9. The molecule has 0 bridgehead atoms. The lowest BCUT2D eigenvalue weighted by Gasteiger charge is -2.37. The molecule has 5 rings (SSSR count). The number of carbonyl (C=O) groups excluding carboxylic acids is 1. The molecule has 2 aromatic rings. The Bertz CT molecular complexity index is 759. The van der Waals surface area contributed by atoms with Crippen LogP contribution in [0.1, 0.15) is 53.8 Å². The fraction of sp³-hybridized carbons (Fsp3) is 0.611. The van der Waals surface area contributed by atoms with Gasteiger partial charge in [0.1, 0.15) is 18.4 Å². The minimum Gasteiger partial charge on any atom is -0.472 e. The highest BCUT2D eigenvalue weighted by atomic mass is 16.5. The SMILES string of the molecule is O=C(c1ccoc1)N1CC(c2nncn2C2CC2)C2(CCOCC2)C1. The van der Waals surface area contributed by atoms with Crippen LogP contribution >= 0.6 is 0 Å². The van der Waals surface area contributed by atoms with Gasteiger partial charge in [0.25, 0.3) is 5.91 Å². The normalized spacial score (nSPS) is 25.6. The van der Waals surface area contributed by atoms with Gasteiger partial charge in [-0.05, 0) is 31.7 Å². The van der Waals surface area contributed by atoms with Gasteiger partial charge in [0.05, 0.1) is 11.8 Å². The van der Waals surface area contributed by atoms with Crippen molar-refractivity contribution in [3.63, 3.8) is 0 Å². The van der Waals surface area contributed by atoms with Crippen LogP contribution in [0.4, 0.5) is 0 Å². The van der Waals surface area contributed by atoms with Gasteiger partial charge in [0.15, 0.2) is 0 Å². The molecule has 4 heterocycles. The van der Waals surface area contributed by atoms with E-state index in [1.54, 1.807) is 12.3 Å². The summed E-state index contributed by atoms with van der Waals surface area (Å²) in [6.45, 7) is 2.95. The third kappa shape index (κ3) is 2.49. The number of carbonyl (C=O) groups is 1. The Hall–Kier alpha value is -2.15. The lowest BCUT2D eigenvalue weighted by Crippen LogP contribution is -2.37. The maximum atomic E-state index is 12.9. The monoisotopic (exact) mass is 342 g/mol. The minimum absolute atomic E-state index is 0.0390. The Balaban J connectivity index is 1.49. The molecule has 1 saturated carbocycles. The number of likely N-dealkylation sites (tertiary alicyclic amines) is 1. The molecule has 0 N–H and O–H groups in total. The van der Waals surface area contributed by atoms with Crippen LogP contribution in [0.15, 0.2) is 29.3 Å². The van der Waals surface area contributed by atoms with Gasteiger partial charge in [-0.1, -0.05) is 0 Å². The molecule has 2 aliphatic heterocycles. The Morgan fingerprint density at radius 2 is 2.12 bits per heavy atom. The molecular weight excluding hydrogens is 320 g/mol. The van der Waals surface area contributed by atoms with E-state index in [1.807, 2.05) is 11.2 Å². The highest BCUT2D eigenvalue weighted by molar-refractivity contribution is 5.94. The van der Waals surface area contributed by atoms with Crippen molar-refractivity contribution in [2.75, 3.05) is 26.3 Å². The number of amides is 1. The molecule has 0 radical (unpaired) electrons. The van der Waals surface area contributed by atoms with E-state index in [1.165, 1.54) is 19.1 Å². The summed E-state index contributed by atoms with van der Waals surface area (Å²) in [4.78, 5) is 14.8. The van der Waals surface area contributed by atoms with Gasteiger partial charge in [0, 0.05) is 43.7 Å². The molecular formula is C18H22N4O3. The summed E-state index contributed by atoms with van der Waals surface area (Å²) in [6, 6.07) is 2.28. The van der Waals surface area contributed by atoms with Crippen LogP contribution in [0.2, 0.25) is 0 Å². The number of rotatable bonds is 3. The molecule has 25 heavy (non-hydrogen) atoms. The van der Waals surface area contributed by atoms with Crippen LogP contribution in [0, 0.1) is 5.41 Å². The summed E-state index contributed by atoms with van der Waals surface area (Å²) in [6.07, 6.45) is 9.26. The molecule has 1 atom stereocenters. The predicted molar refractivity (Wildman–Crippen MR) is 88.1 cm³/mol. The van der Waals surface area contributed by atoms with E-state index in [4.69, 9.17) is 9.15 Å². The molecule has 132 valence electrons. The van der Waals surface area contributed by atoms with E-state index in [2.05, 4.69) is 14.8 Å². The van der Waals surface area contributed by atoms with Gasteiger partial charge in [-0.2, -0.15) is 0 Å². The summed E-state index contributed by atoms with van der Waals surface area (Å²) in [5, 5.41) is 8.67. The van der Waals surface area contributed by atoms with E-state index in [9.17, 15) is 4.79 Å². The van der Waals surface area contributed by atoms with Crippen molar-refractivity contribution in [2.24, 2.45) is 5.41 Å². The van der Waals surface area contributed by atoms with E-state index in [0.29, 0.717) is 18.2 Å². The Morgan fingerprint density at radius 1 is 1.28 bits per heavy atom. The Kier molecular flexibility index (Phi) is 3.45. The smallest absolute Gasteiger partial charge is 0.257 e. The van der Waals surface area contributed by atoms with Crippen molar-refractivity contribution >= 4 is 5.91 Å². The van der Waals surface area contributed by atoms with E-state index < -0.39 is 0 Å². The molecule has 7 nitrogen and oxygen atoms in total. The zero-order chi connectivity index (χ0) is 16.9. The average Bonchev–Trinajstić information content (AvgIpc) is 3.05. The van der Waals surface area contributed by atoms with Crippen molar-refractivity contribution in [3.8, 4) is 0 Å². The van der Waals surface area contributed by atoms with Crippen LogP contribution in [-0.2, 0) is 4.74 Å². The van der Waals surface area contributed by atoms with Crippen molar-refractivity contribution in [1.29, 1.82) is 0 Å². The summed E-state index contributed by atoms with van der Waals surface area (Å²) >= 11 is 0. The molecule has 3 aliphatic rings. The van der Waals surface area contributed by atoms with E-state index >= 15 is 0 Å². The van der Waals surface area contributed by atoms with Crippen LogP contribution in [-0.4, -0.2) is 51.9 Å². The third-order valence-electron chi connectivity index (χ3n) is 6.04. The molecule has 0 aromatic carbocycles. The quantitative estimate of drug-likeness (QED) is 0.855. The van der Waals surface area contributed by atoms with Crippen LogP contribution in [0.3, 0.4) is 0 Å². The fourth-order valence-electron chi connectivity index (χ4n) is 4.47. The lowest BCUT2D eigenvalue weighted by molar-refractivity contribution is 0.0107. The first kappa shape index (κ1) is 15.1. The van der Waals surface area contributed by atoms with Crippen molar-refractivity contribution < 1.29 is 13.9 Å². The number of hydrogen-bond donors (Lipinski definition) is 0. The van der Waals surface area contributed by atoms with Crippen molar-refractivity contribution in [3.05, 3.63) is 36.3 Å². The standard InChI is InChI=1S/C18H22N4O3/c23-17(13-3-6-25-10-13)21-9-15(18(11-21)4-7-24-8-5-18)16-20-19-12-22(16)14-1-2-14/h3,6,10,12,14-15H,1-2,4-5,7-9,11H2. The summed E-state index contributed by atoms with van der Waals surface area (Å²) in [7, 11) is 0. The van der Waals surface area contributed by atoms with Crippen LogP contribution < -0.4 is 0 Å². The topological polar surface area (TPSA) is 73.4 Å². The molecule has 3 fully saturated rings. The number of hydrogen-bond acceptors (Lipinski definition) is 5. The second kappa shape index (κ2) is 5.69. The highest BCUT2D eigenvalue weighted by Crippen LogP contribution is 2.50. The van der Waals surface area contributed by atoms with Crippen LogP contribution in [0.5, 0.6) is 0 Å². The van der Waals surface area contributed by atoms with Crippen LogP contribution in [0.25, 0.3) is 0 Å². The summed E-state index contributed by atoms with van der Waals surface area (Å²) < 4.78 is 13.0. The second-order valence-electron chi connectivity index (χ2n) is 7.55. The second-order valence-corrected chi connectivity index (χ2v) is 7.55. The molecule has 1 aliphatic carbocycles. The van der Waals surface area contributed by atoms with E-state index in [0.717, 1.165) is 38.4 Å². The number of aromatic nitrogens is 3. The summed E-state index contributed by atoms with van der Waals surface area (Å²) in [5.41, 5.74) is 0.656. The Morgan fingerprint density at radius 3 is 2.84 bits per heavy atom. The molecule has 1 unspecified atom stereocenters. The van der Waals surface area contributed by atoms with Gasteiger partial charge >= 0.3 is 0 Å². The van der Waals surface area contributed by atoms with E-state index in [-0.39, 0.29) is 17.2 Å². The molecule has 1 spiro atoms. The van der Waals surface area contributed by atoms with Gasteiger partial charge in [-0.15, -0.1) is 10.2 Å². The molecule has 2 aromatic heterocycles. The lowest BCUT2D eigenvalue weighted by atomic mass is 9.71. The first-order chi connectivity index (χ1) is 12.3. The zero-order valence-corrected chi connectivity index (χ0v) is 14.1. The predicted octanol–water partition coefficient (Wildman–Crippen LogP) is 2.24. The van der Waals surface area contributed by atoms with Gasteiger partial charge in [0.2, 0.25) is 0 Å². The third-order valence-corrected chi connectivity index (χ3v) is 6.04. The van der Waals surface area contributed by atoms with Gasteiger partial charge in [-0.25, -0.2) is 0 Å². The Labute approximate surface area is 146 Å². The van der Waals surface area contributed by atoms with Gasteiger partial charge < -0.3 is 18.6 Å². The molecule has 7 heteroatoms. The summed E-state index contributed by atoms with van der Waals surface area (Å²) in [5.74, 6) is 1.31. The molecule has 2 saturated heterocycles. The fourth-order valence-corrected chi connectivity index (χ4v) is 4.47. The number of nitrogens with zero attached hydrogens (tertiary/aromatic N) is 4. The van der Waals surface area contributed by atoms with Crippen molar-refractivity contribution in [2.45, 2.75) is 37.6 Å².